The summed E-state index contributed by atoms with van der Waals surface area (Å²) < 4.78 is 2.00. The van der Waals surface area contributed by atoms with Gasteiger partial charge in [-0.05, 0) is 48.7 Å². The number of pyridine rings is 1. The van der Waals surface area contributed by atoms with Crippen LogP contribution in [0.2, 0.25) is 5.02 Å². The molecule has 1 spiro atoms. The molecule has 2 aliphatic heterocycles. The minimum absolute atomic E-state index is 0.0283. The van der Waals surface area contributed by atoms with Gasteiger partial charge in [0.2, 0.25) is 5.91 Å². The molecule has 4 heterocycles. The van der Waals surface area contributed by atoms with Gasteiger partial charge in [0.1, 0.15) is 5.82 Å². The van der Waals surface area contributed by atoms with Gasteiger partial charge < -0.3 is 4.90 Å². The Hall–Kier alpha value is -3.19. The molecule has 2 aliphatic rings. The lowest BCUT2D eigenvalue weighted by atomic mass is 9.82. The van der Waals surface area contributed by atoms with Crippen molar-refractivity contribution in [2.24, 2.45) is 0 Å². The number of carbonyl (C=O) groups is 2. The number of likely N-dealkylation sites (tertiary alicyclic amines) is 1. The summed E-state index contributed by atoms with van der Waals surface area (Å²) in [6.07, 6.45) is 6.96. The molecule has 7 nitrogen and oxygen atoms in total. The van der Waals surface area contributed by atoms with Crippen LogP contribution in [0.15, 0.2) is 61.1 Å². The van der Waals surface area contributed by atoms with Crippen LogP contribution in [0, 0.1) is 0 Å². The summed E-state index contributed by atoms with van der Waals surface area (Å²) in [6.45, 7) is 1.63. The second kappa shape index (κ2) is 7.81. The number of piperidine rings is 1. The maximum atomic E-state index is 13.2. The van der Waals surface area contributed by atoms with Crippen molar-refractivity contribution >= 4 is 29.2 Å². The molecule has 3 aromatic rings. The van der Waals surface area contributed by atoms with Gasteiger partial charge in [-0.1, -0.05) is 17.7 Å². The maximum absolute atomic E-state index is 13.2. The fraction of sp³-hybridized carbons (Fsp3) is 0.304. The molecular formula is C23H22ClN5O2. The van der Waals surface area contributed by atoms with E-state index in [1.165, 1.54) is 0 Å². The van der Waals surface area contributed by atoms with Crippen LogP contribution in [0.3, 0.4) is 0 Å². The summed E-state index contributed by atoms with van der Waals surface area (Å²) >= 11 is 6.05. The lowest BCUT2D eigenvalue weighted by Gasteiger charge is -2.46. The zero-order valence-electron chi connectivity index (χ0n) is 16.9. The molecule has 0 aliphatic carbocycles. The first kappa shape index (κ1) is 19.8. The monoisotopic (exact) mass is 435 g/mol. The van der Waals surface area contributed by atoms with E-state index in [9.17, 15) is 9.59 Å². The number of hydrogen-bond donors (Lipinski definition) is 0. The number of rotatable bonds is 3. The highest BCUT2D eigenvalue weighted by atomic mass is 35.5. The van der Waals surface area contributed by atoms with Crippen molar-refractivity contribution < 1.29 is 9.59 Å². The quantitative estimate of drug-likeness (QED) is 0.631. The van der Waals surface area contributed by atoms with Crippen molar-refractivity contribution in [3.63, 3.8) is 0 Å². The molecule has 1 fully saturated rings. The van der Waals surface area contributed by atoms with E-state index in [1.807, 2.05) is 27.8 Å². The van der Waals surface area contributed by atoms with Crippen molar-refractivity contribution in [2.45, 2.75) is 31.3 Å². The van der Waals surface area contributed by atoms with Gasteiger partial charge in [0.25, 0.3) is 5.91 Å². The Labute approximate surface area is 185 Å². The maximum Gasteiger partial charge on any atom is 0.253 e. The van der Waals surface area contributed by atoms with Gasteiger partial charge in [-0.3, -0.25) is 19.5 Å². The highest BCUT2D eigenvalue weighted by molar-refractivity contribution is 6.30. The van der Waals surface area contributed by atoms with Gasteiger partial charge in [0.05, 0.1) is 24.7 Å². The molecule has 0 atom stereocenters. The van der Waals surface area contributed by atoms with Crippen molar-refractivity contribution in [1.82, 2.24) is 19.7 Å². The number of fused-ring (bicyclic) bond motifs is 2. The predicted octanol–water partition coefficient (Wildman–Crippen LogP) is 3.50. The van der Waals surface area contributed by atoms with E-state index in [-0.39, 0.29) is 11.8 Å². The predicted molar refractivity (Wildman–Crippen MR) is 117 cm³/mol. The van der Waals surface area contributed by atoms with E-state index >= 15 is 0 Å². The zero-order valence-corrected chi connectivity index (χ0v) is 17.7. The van der Waals surface area contributed by atoms with E-state index in [1.54, 1.807) is 47.8 Å². The molecular weight excluding hydrogens is 414 g/mol. The summed E-state index contributed by atoms with van der Waals surface area (Å²) in [7, 11) is 0. The molecule has 0 N–H and O–H groups in total. The smallest absolute Gasteiger partial charge is 0.253 e. The van der Waals surface area contributed by atoms with Crippen molar-refractivity contribution in [3.8, 4) is 0 Å². The standard InChI is InChI=1S/C23H22ClN5O2/c24-19-3-1-2-18(14-19)22(31)27-12-7-23(8-13-27)15-21(30)28(20-6-11-26-29(20)23)16-17-4-9-25-10-5-17/h1-6,9-11,14H,7-8,12-13,15-16H2. The van der Waals surface area contributed by atoms with Gasteiger partial charge >= 0.3 is 0 Å². The molecule has 8 heteroatoms. The Morgan fingerprint density at radius 1 is 1.06 bits per heavy atom. The lowest BCUT2D eigenvalue weighted by Crippen LogP contribution is -2.54. The van der Waals surface area contributed by atoms with E-state index in [0.29, 0.717) is 49.5 Å². The number of nitrogens with zero attached hydrogens (tertiary/aromatic N) is 5. The molecule has 1 aromatic carbocycles. The minimum Gasteiger partial charge on any atom is -0.338 e. The first-order valence-corrected chi connectivity index (χ1v) is 10.7. The number of benzene rings is 1. The van der Waals surface area contributed by atoms with Crippen LogP contribution in [0.25, 0.3) is 0 Å². The SMILES string of the molecule is O=C(c1cccc(Cl)c1)N1CCC2(CC1)CC(=O)N(Cc1ccncc1)c1ccnn12. The summed E-state index contributed by atoms with van der Waals surface area (Å²) in [6, 6.07) is 12.7. The second-order valence-electron chi connectivity index (χ2n) is 8.14. The van der Waals surface area contributed by atoms with Crippen LogP contribution < -0.4 is 4.90 Å². The van der Waals surface area contributed by atoms with Crippen LogP contribution in [0.1, 0.15) is 35.2 Å². The van der Waals surface area contributed by atoms with Crippen LogP contribution in [-0.4, -0.2) is 44.6 Å². The molecule has 5 rings (SSSR count). The third-order valence-corrected chi connectivity index (χ3v) is 6.51. The Morgan fingerprint density at radius 2 is 1.84 bits per heavy atom. The molecule has 2 amide bonds. The van der Waals surface area contributed by atoms with Gasteiger partial charge in [-0.25, -0.2) is 4.68 Å². The molecule has 31 heavy (non-hydrogen) atoms. The summed E-state index contributed by atoms with van der Waals surface area (Å²) in [4.78, 5) is 33.8. The Morgan fingerprint density at radius 3 is 2.58 bits per heavy atom. The van der Waals surface area contributed by atoms with Gasteiger partial charge in [-0.15, -0.1) is 0 Å². The third kappa shape index (κ3) is 3.59. The average molecular weight is 436 g/mol. The van der Waals surface area contributed by atoms with Crippen LogP contribution in [0.5, 0.6) is 0 Å². The summed E-state index contributed by atoms with van der Waals surface area (Å²) in [5.74, 6) is 0.863. The molecule has 0 radical (unpaired) electrons. The Balaban J connectivity index is 1.36. The van der Waals surface area contributed by atoms with Gasteiger partial charge in [-0.2, -0.15) is 5.10 Å². The fourth-order valence-corrected chi connectivity index (χ4v) is 4.79. The lowest BCUT2D eigenvalue weighted by molar-refractivity contribution is -0.123. The van der Waals surface area contributed by atoms with Gasteiger partial charge in [0, 0.05) is 42.1 Å². The number of hydrogen-bond acceptors (Lipinski definition) is 4. The normalized spacial score (nSPS) is 17.6. The molecule has 2 aromatic heterocycles. The number of halogens is 1. The van der Waals surface area contributed by atoms with Crippen molar-refractivity contribution in [3.05, 3.63) is 77.2 Å². The number of anilines is 1. The molecule has 0 unspecified atom stereocenters. The third-order valence-electron chi connectivity index (χ3n) is 6.27. The number of aromatic nitrogens is 3. The molecule has 0 bridgehead atoms. The summed E-state index contributed by atoms with van der Waals surface area (Å²) in [5.41, 5.74) is 1.22. The second-order valence-corrected chi connectivity index (χ2v) is 8.58. The van der Waals surface area contributed by atoms with Crippen molar-refractivity contribution in [1.29, 1.82) is 0 Å². The Bertz CT molecular complexity index is 1120. The molecule has 0 saturated carbocycles. The van der Waals surface area contributed by atoms with Crippen LogP contribution in [0.4, 0.5) is 5.82 Å². The summed E-state index contributed by atoms with van der Waals surface area (Å²) in [5, 5.41) is 5.14. The first-order chi connectivity index (χ1) is 15.1. The number of carbonyl (C=O) groups excluding carboxylic acids is 2. The highest BCUT2D eigenvalue weighted by Gasteiger charge is 2.46. The van der Waals surface area contributed by atoms with E-state index < -0.39 is 5.54 Å². The average Bonchev–Trinajstić information content (AvgIpc) is 3.28. The van der Waals surface area contributed by atoms with Crippen molar-refractivity contribution in [2.75, 3.05) is 18.0 Å². The van der Waals surface area contributed by atoms with Gasteiger partial charge in [0.15, 0.2) is 0 Å². The largest absolute Gasteiger partial charge is 0.338 e. The minimum atomic E-state index is -0.393. The van der Waals surface area contributed by atoms with Crippen LogP contribution >= 0.6 is 11.6 Å². The molecule has 158 valence electrons. The number of amides is 2. The van der Waals surface area contributed by atoms with E-state index in [0.717, 1.165) is 11.4 Å². The zero-order chi connectivity index (χ0) is 21.4. The van der Waals surface area contributed by atoms with E-state index in [2.05, 4.69) is 10.1 Å². The molecule has 1 saturated heterocycles. The topological polar surface area (TPSA) is 71.3 Å². The van der Waals surface area contributed by atoms with Crippen LogP contribution in [-0.2, 0) is 16.9 Å². The Kier molecular flexibility index (Phi) is 4.98. The highest BCUT2D eigenvalue weighted by Crippen LogP contribution is 2.41. The fourth-order valence-electron chi connectivity index (χ4n) is 4.60. The first-order valence-electron chi connectivity index (χ1n) is 10.3. The van der Waals surface area contributed by atoms with E-state index in [4.69, 9.17) is 11.6 Å².